The Morgan fingerprint density at radius 3 is 2.40 bits per heavy atom. The smallest absolute Gasteiger partial charge is 0.139 e. The van der Waals surface area contributed by atoms with Crippen molar-refractivity contribution in [1.29, 1.82) is 0 Å². The van der Waals surface area contributed by atoms with E-state index < -0.39 is 0 Å². The zero-order chi connectivity index (χ0) is 7.98. The van der Waals surface area contributed by atoms with Crippen LogP contribution < -0.4 is 0 Å². The van der Waals surface area contributed by atoms with Gasteiger partial charge in [-0.25, -0.2) is 0 Å². The second-order valence-corrected chi connectivity index (χ2v) is 3.14. The molecule has 0 aliphatic rings. The quantitative estimate of drug-likeness (QED) is 0.529. The monoisotopic (exact) mass is 142 g/mol. The van der Waals surface area contributed by atoms with Crippen LogP contribution >= 0.6 is 0 Å². The van der Waals surface area contributed by atoms with Crippen molar-refractivity contribution in [2.45, 2.75) is 52.1 Å². The molecule has 1 atom stereocenters. The lowest BCUT2D eigenvalue weighted by molar-refractivity contribution is 0.0491. The Labute approximate surface area is 65.6 Å². The molecule has 1 nitrogen and oxygen atoms in total. The molecule has 0 aromatic heterocycles. The van der Waals surface area contributed by atoms with Gasteiger partial charge in [0.15, 0.2) is 0 Å². The fourth-order valence-electron chi connectivity index (χ4n) is 1.02. The summed E-state index contributed by atoms with van der Waals surface area (Å²) >= 11 is 0. The van der Waals surface area contributed by atoms with Crippen molar-refractivity contribution < 1.29 is 4.74 Å². The van der Waals surface area contributed by atoms with Crippen LogP contribution in [0.25, 0.3) is 0 Å². The standard InChI is InChI=1S/C8H19BO/c1-4-5-6-8(9)10-7(2)3/h7-8H,4-6,9H2,1-3H3. The predicted molar refractivity (Wildman–Crippen MR) is 48.1 cm³/mol. The van der Waals surface area contributed by atoms with Crippen LogP contribution in [0.4, 0.5) is 0 Å². The first-order valence-electron chi connectivity index (χ1n) is 4.32. The minimum Gasteiger partial charge on any atom is -0.385 e. The third-order valence-electron chi connectivity index (χ3n) is 1.47. The topological polar surface area (TPSA) is 9.23 Å². The summed E-state index contributed by atoms with van der Waals surface area (Å²) in [4.78, 5) is 0. The van der Waals surface area contributed by atoms with Crippen LogP contribution in [0.5, 0.6) is 0 Å². The van der Waals surface area contributed by atoms with Crippen LogP contribution in [0.15, 0.2) is 0 Å². The van der Waals surface area contributed by atoms with Crippen molar-refractivity contribution in [3.8, 4) is 0 Å². The van der Waals surface area contributed by atoms with E-state index in [4.69, 9.17) is 4.74 Å². The Hall–Kier alpha value is 0.0249. The molecule has 1 unspecified atom stereocenters. The van der Waals surface area contributed by atoms with E-state index in [1.807, 2.05) is 0 Å². The summed E-state index contributed by atoms with van der Waals surface area (Å²) in [5, 5.41) is 0. The molecule has 2 heteroatoms. The molecular formula is C8H19BO. The van der Waals surface area contributed by atoms with Crippen LogP contribution in [0.3, 0.4) is 0 Å². The van der Waals surface area contributed by atoms with Crippen molar-refractivity contribution in [3.63, 3.8) is 0 Å². The summed E-state index contributed by atoms with van der Waals surface area (Å²) in [6.45, 7) is 6.38. The van der Waals surface area contributed by atoms with Crippen LogP contribution in [0.2, 0.25) is 0 Å². The van der Waals surface area contributed by atoms with Gasteiger partial charge in [0.05, 0.1) is 6.10 Å². The molecule has 60 valence electrons. The summed E-state index contributed by atoms with van der Waals surface area (Å²) in [5.74, 6) is 0. The molecule has 0 amide bonds. The lowest BCUT2D eigenvalue weighted by Crippen LogP contribution is -2.17. The highest BCUT2D eigenvalue weighted by Crippen LogP contribution is 2.03. The number of ether oxygens (including phenoxy) is 1. The lowest BCUT2D eigenvalue weighted by atomic mass is 9.94. The van der Waals surface area contributed by atoms with Crippen molar-refractivity contribution >= 4 is 7.85 Å². The average Bonchev–Trinajstić information content (AvgIpc) is 1.82. The van der Waals surface area contributed by atoms with E-state index in [1.54, 1.807) is 0 Å². The van der Waals surface area contributed by atoms with Gasteiger partial charge in [0, 0.05) is 6.00 Å². The molecule has 0 aromatic carbocycles. The minimum absolute atomic E-state index is 0.381. The normalized spacial score (nSPS) is 14.0. The maximum atomic E-state index is 5.55. The molecule has 0 aliphatic heterocycles. The van der Waals surface area contributed by atoms with E-state index >= 15 is 0 Å². The second kappa shape index (κ2) is 5.78. The number of hydrogen-bond donors (Lipinski definition) is 0. The highest BCUT2D eigenvalue weighted by atomic mass is 16.5. The largest absolute Gasteiger partial charge is 0.385 e. The molecule has 0 spiro atoms. The number of rotatable bonds is 5. The second-order valence-electron chi connectivity index (χ2n) is 3.14. The number of hydrogen-bond acceptors (Lipinski definition) is 1. The molecule has 0 bridgehead atoms. The minimum atomic E-state index is 0.381. The van der Waals surface area contributed by atoms with Crippen LogP contribution in [-0.2, 0) is 4.74 Å². The van der Waals surface area contributed by atoms with Gasteiger partial charge in [-0.05, 0) is 20.3 Å². The van der Waals surface area contributed by atoms with Gasteiger partial charge in [-0.3, -0.25) is 0 Å². The maximum absolute atomic E-state index is 5.55. The van der Waals surface area contributed by atoms with E-state index in [-0.39, 0.29) is 0 Å². The summed E-state index contributed by atoms with van der Waals surface area (Å²) < 4.78 is 5.55. The molecule has 0 aliphatic carbocycles. The molecule has 10 heavy (non-hydrogen) atoms. The summed E-state index contributed by atoms with van der Waals surface area (Å²) in [5.41, 5.74) is 0. The van der Waals surface area contributed by atoms with Gasteiger partial charge in [0.2, 0.25) is 0 Å². The molecule has 0 fully saturated rings. The third-order valence-corrected chi connectivity index (χ3v) is 1.47. The summed E-state index contributed by atoms with van der Waals surface area (Å²) in [6.07, 6.45) is 4.14. The first-order valence-corrected chi connectivity index (χ1v) is 4.32. The molecule has 0 aromatic rings. The molecule has 0 saturated heterocycles. The van der Waals surface area contributed by atoms with Gasteiger partial charge >= 0.3 is 0 Å². The van der Waals surface area contributed by atoms with E-state index in [9.17, 15) is 0 Å². The molecule has 0 heterocycles. The van der Waals surface area contributed by atoms with Gasteiger partial charge in [-0.15, -0.1) is 0 Å². The van der Waals surface area contributed by atoms with Crippen LogP contribution in [0.1, 0.15) is 40.0 Å². The van der Waals surface area contributed by atoms with Gasteiger partial charge < -0.3 is 4.74 Å². The lowest BCUT2D eigenvalue weighted by Gasteiger charge is -2.15. The van der Waals surface area contributed by atoms with Crippen molar-refractivity contribution in [1.82, 2.24) is 0 Å². The van der Waals surface area contributed by atoms with Gasteiger partial charge in [-0.2, -0.15) is 0 Å². The van der Waals surface area contributed by atoms with Crippen LogP contribution in [-0.4, -0.2) is 20.0 Å². The van der Waals surface area contributed by atoms with E-state index in [2.05, 4.69) is 28.6 Å². The first kappa shape index (κ1) is 10.0. The summed E-state index contributed by atoms with van der Waals surface area (Å²) in [7, 11) is 2.15. The number of unbranched alkanes of at least 4 members (excludes halogenated alkanes) is 1. The van der Waals surface area contributed by atoms with Gasteiger partial charge in [0.25, 0.3) is 0 Å². The van der Waals surface area contributed by atoms with Crippen molar-refractivity contribution in [2.24, 2.45) is 0 Å². The molecule has 0 radical (unpaired) electrons. The van der Waals surface area contributed by atoms with Gasteiger partial charge in [-0.1, -0.05) is 19.8 Å². The zero-order valence-corrected chi connectivity index (χ0v) is 7.68. The maximum Gasteiger partial charge on any atom is 0.139 e. The molecular weight excluding hydrogens is 123 g/mol. The third kappa shape index (κ3) is 6.15. The Morgan fingerprint density at radius 2 is 2.00 bits per heavy atom. The van der Waals surface area contributed by atoms with Crippen molar-refractivity contribution in [3.05, 3.63) is 0 Å². The fraction of sp³-hybridized carbons (Fsp3) is 1.00. The van der Waals surface area contributed by atoms with Gasteiger partial charge in [0.1, 0.15) is 7.85 Å². The Balaban J connectivity index is 3.16. The molecule has 0 N–H and O–H groups in total. The Bertz CT molecular complexity index is 73.7. The molecule has 0 rings (SSSR count). The van der Waals surface area contributed by atoms with Crippen molar-refractivity contribution in [2.75, 3.05) is 0 Å². The van der Waals surface area contributed by atoms with E-state index in [0.717, 1.165) is 0 Å². The predicted octanol–water partition coefficient (Wildman–Crippen LogP) is 1.56. The average molecular weight is 142 g/mol. The SMILES string of the molecule is BC(CCCC)OC(C)C. The Morgan fingerprint density at radius 1 is 1.40 bits per heavy atom. The fourth-order valence-corrected chi connectivity index (χ4v) is 1.02. The van der Waals surface area contributed by atoms with E-state index in [1.165, 1.54) is 19.3 Å². The molecule has 0 saturated carbocycles. The highest BCUT2D eigenvalue weighted by Gasteiger charge is 2.02. The Kier molecular flexibility index (Phi) is 5.80. The van der Waals surface area contributed by atoms with Crippen LogP contribution in [0, 0.1) is 0 Å². The van der Waals surface area contributed by atoms with E-state index in [0.29, 0.717) is 12.1 Å². The first-order chi connectivity index (χ1) is 4.66. The highest BCUT2D eigenvalue weighted by molar-refractivity contribution is 6.10. The summed E-state index contributed by atoms with van der Waals surface area (Å²) in [6, 6.07) is 0.444. The zero-order valence-electron chi connectivity index (χ0n) is 7.68.